The van der Waals surface area contributed by atoms with Gasteiger partial charge in [-0.1, -0.05) is 24.3 Å². The summed E-state index contributed by atoms with van der Waals surface area (Å²) in [6, 6.07) is 7.36. The zero-order valence-electron chi connectivity index (χ0n) is 12.8. The molecule has 2 rings (SSSR count). The highest BCUT2D eigenvalue weighted by Gasteiger charge is 2.51. The molecule has 0 radical (unpaired) electrons. The highest BCUT2D eigenvalue weighted by molar-refractivity contribution is 5.87. The Morgan fingerprint density at radius 1 is 1.29 bits per heavy atom. The number of ether oxygens (including phenoxy) is 1. The lowest BCUT2D eigenvalue weighted by molar-refractivity contribution is -0.151. The number of hydrogen-bond acceptors (Lipinski definition) is 3. The zero-order valence-corrected chi connectivity index (χ0v) is 12.8. The van der Waals surface area contributed by atoms with E-state index in [4.69, 9.17) is 4.74 Å². The second-order valence-corrected chi connectivity index (χ2v) is 6.36. The van der Waals surface area contributed by atoms with E-state index in [1.54, 1.807) is 32.9 Å². The number of fused-ring (bicyclic) bond motifs is 1. The van der Waals surface area contributed by atoms with Gasteiger partial charge in [0.1, 0.15) is 5.60 Å². The van der Waals surface area contributed by atoms with Crippen molar-refractivity contribution >= 4 is 12.1 Å². The lowest BCUT2D eigenvalue weighted by Gasteiger charge is -2.36. The fraction of sp³-hybridized carbons (Fsp3) is 0.500. The van der Waals surface area contributed by atoms with Crippen LogP contribution >= 0.6 is 0 Å². The molecule has 0 saturated carbocycles. The third kappa shape index (κ3) is 2.60. The van der Waals surface area contributed by atoms with Gasteiger partial charge < -0.3 is 9.84 Å². The Hall–Kier alpha value is -2.04. The second kappa shape index (κ2) is 5.06. The average Bonchev–Trinajstić information content (AvgIpc) is 2.76. The van der Waals surface area contributed by atoms with E-state index in [0.29, 0.717) is 18.4 Å². The Morgan fingerprint density at radius 3 is 2.48 bits per heavy atom. The molecule has 21 heavy (non-hydrogen) atoms. The van der Waals surface area contributed by atoms with Crippen molar-refractivity contribution < 1.29 is 19.4 Å². The maximum Gasteiger partial charge on any atom is 0.411 e. The molecule has 0 heterocycles. The summed E-state index contributed by atoms with van der Waals surface area (Å²) in [4.78, 5) is 25.5. The van der Waals surface area contributed by atoms with E-state index < -0.39 is 23.2 Å². The van der Waals surface area contributed by atoms with E-state index in [1.807, 2.05) is 12.1 Å². The standard InChI is InChI=1S/C16H21NO4/c1-15(2,3)21-14(20)17(4)16(13(18)19)10-9-11-7-5-6-8-12(11)16/h5-8H,9-10H2,1-4H3,(H,18,19). The van der Waals surface area contributed by atoms with Crippen LogP contribution in [0, 0.1) is 0 Å². The fourth-order valence-electron chi connectivity index (χ4n) is 2.79. The van der Waals surface area contributed by atoms with Crippen LogP contribution in [0.3, 0.4) is 0 Å². The van der Waals surface area contributed by atoms with Gasteiger partial charge in [0, 0.05) is 7.05 Å². The molecule has 1 amide bonds. The largest absolute Gasteiger partial charge is 0.479 e. The molecule has 114 valence electrons. The van der Waals surface area contributed by atoms with Crippen LogP contribution < -0.4 is 0 Å². The lowest BCUT2D eigenvalue weighted by Crippen LogP contribution is -2.52. The van der Waals surface area contributed by atoms with Gasteiger partial charge in [-0.15, -0.1) is 0 Å². The van der Waals surface area contributed by atoms with Gasteiger partial charge in [0.05, 0.1) is 0 Å². The molecule has 1 atom stereocenters. The number of carboxylic acid groups (broad SMARTS) is 1. The van der Waals surface area contributed by atoms with Crippen LogP contribution in [0.25, 0.3) is 0 Å². The first-order valence-corrected chi connectivity index (χ1v) is 6.97. The molecule has 1 N–H and O–H groups in total. The SMILES string of the molecule is CN(C(=O)OC(C)(C)C)C1(C(=O)O)CCc2ccccc21. The molecule has 5 heteroatoms. The molecule has 1 aromatic rings. The van der Waals surface area contributed by atoms with Crippen LogP contribution in [0.2, 0.25) is 0 Å². The van der Waals surface area contributed by atoms with Crippen molar-refractivity contribution in [3.8, 4) is 0 Å². The first-order chi connectivity index (χ1) is 9.68. The number of aryl methyl sites for hydroxylation is 1. The predicted octanol–water partition coefficient (Wildman–Crippen LogP) is 2.78. The Balaban J connectivity index is 2.42. The molecule has 1 aromatic carbocycles. The number of benzene rings is 1. The summed E-state index contributed by atoms with van der Waals surface area (Å²) in [7, 11) is 1.49. The van der Waals surface area contributed by atoms with E-state index in [9.17, 15) is 14.7 Å². The van der Waals surface area contributed by atoms with Crippen LogP contribution in [-0.4, -0.2) is 34.7 Å². The molecule has 0 aromatic heterocycles. The summed E-state index contributed by atoms with van der Waals surface area (Å²) < 4.78 is 5.33. The number of likely N-dealkylation sites (N-methyl/N-ethyl adjacent to an activating group) is 1. The van der Waals surface area contributed by atoms with Crippen molar-refractivity contribution in [1.29, 1.82) is 0 Å². The Kier molecular flexibility index (Phi) is 3.70. The molecule has 0 saturated heterocycles. The predicted molar refractivity (Wildman–Crippen MR) is 78.1 cm³/mol. The monoisotopic (exact) mass is 291 g/mol. The van der Waals surface area contributed by atoms with Crippen LogP contribution in [0.1, 0.15) is 38.3 Å². The van der Waals surface area contributed by atoms with Gasteiger partial charge >= 0.3 is 12.1 Å². The number of aliphatic carboxylic acids is 1. The van der Waals surface area contributed by atoms with Crippen LogP contribution in [-0.2, 0) is 21.5 Å². The van der Waals surface area contributed by atoms with Gasteiger partial charge in [-0.3, -0.25) is 4.90 Å². The first-order valence-electron chi connectivity index (χ1n) is 6.97. The topological polar surface area (TPSA) is 66.8 Å². The smallest absolute Gasteiger partial charge is 0.411 e. The summed E-state index contributed by atoms with van der Waals surface area (Å²) in [6.07, 6.45) is 0.370. The van der Waals surface area contributed by atoms with Gasteiger partial charge in [0.2, 0.25) is 0 Å². The van der Waals surface area contributed by atoms with Crippen molar-refractivity contribution in [1.82, 2.24) is 4.90 Å². The number of nitrogens with zero attached hydrogens (tertiary/aromatic N) is 1. The minimum absolute atomic E-state index is 0.359. The second-order valence-electron chi connectivity index (χ2n) is 6.36. The fourth-order valence-corrected chi connectivity index (χ4v) is 2.79. The van der Waals surface area contributed by atoms with E-state index in [0.717, 1.165) is 5.56 Å². The maximum atomic E-state index is 12.3. The zero-order chi connectivity index (χ0) is 15.8. The van der Waals surface area contributed by atoms with Gasteiger partial charge in [-0.05, 0) is 44.7 Å². The molecule has 0 fully saturated rings. The molecule has 1 aliphatic carbocycles. The molecule has 1 aliphatic rings. The Bertz CT molecular complexity index is 576. The summed E-state index contributed by atoms with van der Waals surface area (Å²) in [5.41, 5.74) is -0.372. The number of amides is 1. The molecule has 5 nitrogen and oxygen atoms in total. The van der Waals surface area contributed by atoms with Gasteiger partial charge in [-0.25, -0.2) is 9.59 Å². The third-order valence-corrected chi connectivity index (χ3v) is 3.81. The molecule has 0 aliphatic heterocycles. The molecule has 1 unspecified atom stereocenters. The van der Waals surface area contributed by atoms with E-state index >= 15 is 0 Å². The van der Waals surface area contributed by atoms with E-state index in [-0.39, 0.29) is 0 Å². The number of carbonyl (C=O) groups is 2. The van der Waals surface area contributed by atoms with Gasteiger partial charge in [-0.2, -0.15) is 0 Å². The minimum Gasteiger partial charge on any atom is -0.479 e. The van der Waals surface area contributed by atoms with E-state index in [1.165, 1.54) is 11.9 Å². The Labute approximate surface area is 124 Å². The molecular formula is C16H21NO4. The normalized spacial score (nSPS) is 20.8. The first kappa shape index (κ1) is 15.4. The lowest BCUT2D eigenvalue weighted by atomic mass is 9.90. The van der Waals surface area contributed by atoms with Crippen molar-refractivity contribution in [2.24, 2.45) is 0 Å². The number of hydrogen-bond donors (Lipinski definition) is 1. The van der Waals surface area contributed by atoms with Crippen LogP contribution in [0.5, 0.6) is 0 Å². The summed E-state index contributed by atoms with van der Waals surface area (Å²) >= 11 is 0. The molecule has 0 bridgehead atoms. The summed E-state index contributed by atoms with van der Waals surface area (Å²) in [5, 5.41) is 9.78. The van der Waals surface area contributed by atoms with Crippen LogP contribution in [0.15, 0.2) is 24.3 Å². The summed E-state index contributed by atoms with van der Waals surface area (Å²) in [5.74, 6) is -1.03. The quantitative estimate of drug-likeness (QED) is 0.910. The summed E-state index contributed by atoms with van der Waals surface area (Å²) in [6.45, 7) is 5.28. The van der Waals surface area contributed by atoms with Crippen molar-refractivity contribution in [2.45, 2.75) is 44.8 Å². The number of rotatable bonds is 2. The van der Waals surface area contributed by atoms with Crippen molar-refractivity contribution in [3.05, 3.63) is 35.4 Å². The van der Waals surface area contributed by atoms with Gasteiger partial charge in [0.15, 0.2) is 5.54 Å². The van der Waals surface area contributed by atoms with Crippen molar-refractivity contribution in [3.63, 3.8) is 0 Å². The molecular weight excluding hydrogens is 270 g/mol. The highest BCUT2D eigenvalue weighted by atomic mass is 16.6. The van der Waals surface area contributed by atoms with Crippen LogP contribution in [0.4, 0.5) is 4.79 Å². The van der Waals surface area contributed by atoms with E-state index in [2.05, 4.69) is 0 Å². The Morgan fingerprint density at radius 2 is 1.90 bits per heavy atom. The maximum absolute atomic E-state index is 12.3. The average molecular weight is 291 g/mol. The minimum atomic E-state index is -1.35. The number of carbonyl (C=O) groups excluding carboxylic acids is 1. The van der Waals surface area contributed by atoms with Gasteiger partial charge in [0.25, 0.3) is 0 Å². The molecule has 0 spiro atoms. The third-order valence-electron chi connectivity index (χ3n) is 3.81. The van der Waals surface area contributed by atoms with Crippen molar-refractivity contribution in [2.75, 3.05) is 7.05 Å². The number of carboxylic acids is 1. The highest BCUT2D eigenvalue weighted by Crippen LogP contribution is 2.41.